The van der Waals surface area contributed by atoms with E-state index in [1.807, 2.05) is 0 Å². The third-order valence-electron chi connectivity index (χ3n) is 4.67. The van der Waals surface area contributed by atoms with E-state index >= 15 is 0 Å². The van der Waals surface area contributed by atoms with E-state index in [1.165, 1.54) is 84.8 Å². The molecule has 0 N–H and O–H groups in total. The van der Waals surface area contributed by atoms with E-state index in [4.69, 9.17) is 0 Å². The maximum Gasteiger partial charge on any atom is 0.0110 e. The van der Waals surface area contributed by atoms with Crippen LogP contribution in [0, 0.1) is 0 Å². The highest BCUT2D eigenvalue weighted by molar-refractivity contribution is 4.72. The Kier molecular flexibility index (Phi) is 6.57. The van der Waals surface area contributed by atoms with Gasteiger partial charge in [-0.2, -0.15) is 0 Å². The van der Waals surface area contributed by atoms with Crippen molar-refractivity contribution in [3.63, 3.8) is 0 Å². The van der Waals surface area contributed by atoms with Crippen molar-refractivity contribution >= 4 is 0 Å². The summed E-state index contributed by atoms with van der Waals surface area (Å²) in [4.78, 5) is 10.5. The number of hydrogen-bond donors (Lipinski definition) is 0. The van der Waals surface area contributed by atoms with Crippen molar-refractivity contribution in [3.05, 3.63) is 0 Å². The molecule has 112 valence electrons. The van der Waals surface area contributed by atoms with E-state index in [0.29, 0.717) is 0 Å². The molecule has 4 nitrogen and oxygen atoms in total. The van der Waals surface area contributed by atoms with Crippen LogP contribution in [-0.4, -0.2) is 98.6 Å². The van der Waals surface area contributed by atoms with Gasteiger partial charge in [0.2, 0.25) is 0 Å². The fourth-order valence-corrected chi connectivity index (χ4v) is 3.17. The lowest BCUT2D eigenvalue weighted by Crippen LogP contribution is -2.46. The van der Waals surface area contributed by atoms with Gasteiger partial charge in [-0.1, -0.05) is 6.92 Å². The molecule has 0 spiro atoms. The Balaban J connectivity index is 1.95. The summed E-state index contributed by atoms with van der Waals surface area (Å²) in [6.07, 6.45) is 2.65. The third kappa shape index (κ3) is 5.38. The Morgan fingerprint density at radius 3 is 1.89 bits per heavy atom. The van der Waals surface area contributed by atoms with Crippen LogP contribution in [0.5, 0.6) is 0 Å². The minimum Gasteiger partial charge on any atom is -0.305 e. The molecule has 4 heteroatoms. The van der Waals surface area contributed by atoms with Gasteiger partial charge in [0.1, 0.15) is 0 Å². The molecule has 0 aromatic carbocycles. The molecular weight excluding hydrogens is 236 g/mol. The smallest absolute Gasteiger partial charge is 0.0110 e. The normalized spacial score (nSPS) is 33.2. The summed E-state index contributed by atoms with van der Waals surface area (Å²) in [6.45, 7) is 16.1. The molecule has 19 heavy (non-hydrogen) atoms. The summed E-state index contributed by atoms with van der Waals surface area (Å²) in [5, 5.41) is 0. The van der Waals surface area contributed by atoms with E-state index < -0.39 is 0 Å². The molecule has 0 saturated carbocycles. The molecule has 2 aliphatic rings. The zero-order chi connectivity index (χ0) is 13.5. The maximum absolute atomic E-state index is 2.68. The zero-order valence-corrected chi connectivity index (χ0v) is 13.0. The number of nitrogens with zero attached hydrogens (tertiary/aromatic N) is 4. The van der Waals surface area contributed by atoms with Gasteiger partial charge in [-0.3, -0.25) is 0 Å². The summed E-state index contributed by atoms with van der Waals surface area (Å²) in [7, 11) is 2.27. The second kappa shape index (κ2) is 8.20. The van der Waals surface area contributed by atoms with Crippen molar-refractivity contribution in [1.29, 1.82) is 0 Å². The van der Waals surface area contributed by atoms with E-state index in [1.54, 1.807) is 0 Å². The largest absolute Gasteiger partial charge is 0.305 e. The summed E-state index contributed by atoms with van der Waals surface area (Å²) in [5.74, 6) is 0. The average molecular weight is 268 g/mol. The van der Waals surface area contributed by atoms with Crippen molar-refractivity contribution in [1.82, 2.24) is 19.6 Å². The van der Waals surface area contributed by atoms with Gasteiger partial charge in [0, 0.05) is 39.3 Å². The number of rotatable bonds is 1. The highest BCUT2D eigenvalue weighted by Gasteiger charge is 2.16. The SMILES string of the molecule is CCN1CCCN2CCN(C)CCCN(CC1)CC2. The predicted molar refractivity (Wildman–Crippen MR) is 81.7 cm³/mol. The van der Waals surface area contributed by atoms with Crippen molar-refractivity contribution in [2.45, 2.75) is 19.8 Å². The van der Waals surface area contributed by atoms with Gasteiger partial charge in [-0.15, -0.1) is 0 Å². The maximum atomic E-state index is 2.68. The monoisotopic (exact) mass is 268 g/mol. The summed E-state index contributed by atoms with van der Waals surface area (Å²) in [6, 6.07) is 0. The lowest BCUT2D eigenvalue weighted by Gasteiger charge is -2.34. The molecule has 2 aliphatic heterocycles. The average Bonchev–Trinajstić information content (AvgIpc) is 2.43. The summed E-state index contributed by atoms with van der Waals surface area (Å²) in [5.41, 5.74) is 0. The van der Waals surface area contributed by atoms with Crippen LogP contribution in [0.15, 0.2) is 0 Å². The van der Waals surface area contributed by atoms with Crippen LogP contribution in [0.25, 0.3) is 0 Å². The second-order valence-corrected chi connectivity index (χ2v) is 6.13. The van der Waals surface area contributed by atoms with E-state index in [0.717, 1.165) is 0 Å². The first kappa shape index (κ1) is 15.2. The van der Waals surface area contributed by atoms with Crippen LogP contribution < -0.4 is 0 Å². The van der Waals surface area contributed by atoms with Crippen LogP contribution in [0.3, 0.4) is 0 Å². The fourth-order valence-electron chi connectivity index (χ4n) is 3.17. The highest BCUT2D eigenvalue weighted by atomic mass is 15.3. The van der Waals surface area contributed by atoms with Gasteiger partial charge < -0.3 is 19.6 Å². The molecular formula is C15H32N4. The summed E-state index contributed by atoms with van der Waals surface area (Å²) >= 11 is 0. The summed E-state index contributed by atoms with van der Waals surface area (Å²) < 4.78 is 0. The minimum absolute atomic E-state index is 1.20. The van der Waals surface area contributed by atoms with Crippen LogP contribution in [-0.2, 0) is 0 Å². The van der Waals surface area contributed by atoms with Gasteiger partial charge in [-0.25, -0.2) is 0 Å². The molecule has 0 aromatic rings. The molecule has 0 amide bonds. The molecule has 2 rings (SSSR count). The third-order valence-corrected chi connectivity index (χ3v) is 4.67. The predicted octanol–water partition coefficient (Wildman–Crippen LogP) is 0.652. The lowest BCUT2D eigenvalue weighted by molar-refractivity contribution is 0.129. The number of fused-ring (bicyclic) bond motifs is 3. The Morgan fingerprint density at radius 2 is 1.21 bits per heavy atom. The zero-order valence-electron chi connectivity index (χ0n) is 13.0. The molecule has 2 heterocycles. The molecule has 0 aliphatic carbocycles. The van der Waals surface area contributed by atoms with Crippen molar-refractivity contribution in [3.8, 4) is 0 Å². The molecule has 0 radical (unpaired) electrons. The molecule has 2 fully saturated rings. The fraction of sp³-hybridized carbons (Fsp3) is 1.00. The van der Waals surface area contributed by atoms with Gasteiger partial charge in [0.15, 0.2) is 0 Å². The molecule has 2 bridgehead atoms. The van der Waals surface area contributed by atoms with E-state index in [-0.39, 0.29) is 0 Å². The molecule has 2 saturated heterocycles. The highest BCUT2D eigenvalue weighted by Crippen LogP contribution is 2.05. The molecule has 2 atom stereocenters. The quantitative estimate of drug-likeness (QED) is 0.692. The Labute approximate surface area is 119 Å². The molecule has 0 aromatic heterocycles. The lowest BCUT2D eigenvalue weighted by atomic mass is 10.2. The van der Waals surface area contributed by atoms with Crippen LogP contribution in [0.4, 0.5) is 0 Å². The Morgan fingerprint density at radius 1 is 0.632 bits per heavy atom. The van der Waals surface area contributed by atoms with Gasteiger partial charge >= 0.3 is 0 Å². The second-order valence-electron chi connectivity index (χ2n) is 6.13. The number of likely N-dealkylation sites (N-methyl/N-ethyl adjacent to an activating group) is 2. The first-order chi connectivity index (χ1) is 9.28. The van der Waals surface area contributed by atoms with E-state index in [9.17, 15) is 0 Å². The first-order valence-corrected chi connectivity index (χ1v) is 8.13. The standard InChI is InChI=1S/C15H32N4/c1-3-17-7-5-9-18-11-10-16(2)6-4-8-19(13-12-17)15-14-18/h3-15H2,1-2H3. The number of hydrogen-bond acceptors (Lipinski definition) is 4. The Hall–Kier alpha value is -0.160. The minimum atomic E-state index is 1.20. The topological polar surface area (TPSA) is 13.0 Å². The van der Waals surface area contributed by atoms with Gasteiger partial charge in [0.25, 0.3) is 0 Å². The first-order valence-electron chi connectivity index (χ1n) is 8.13. The Bertz CT molecular complexity index is 244. The van der Waals surface area contributed by atoms with Crippen LogP contribution in [0.2, 0.25) is 0 Å². The van der Waals surface area contributed by atoms with Gasteiger partial charge in [-0.05, 0) is 52.6 Å². The van der Waals surface area contributed by atoms with Crippen molar-refractivity contribution in [2.24, 2.45) is 0 Å². The van der Waals surface area contributed by atoms with Crippen LogP contribution in [0.1, 0.15) is 19.8 Å². The van der Waals surface area contributed by atoms with Crippen LogP contribution >= 0.6 is 0 Å². The van der Waals surface area contributed by atoms with E-state index in [2.05, 4.69) is 33.6 Å². The van der Waals surface area contributed by atoms with Gasteiger partial charge in [0.05, 0.1) is 0 Å². The van der Waals surface area contributed by atoms with Crippen molar-refractivity contribution in [2.75, 3.05) is 79.0 Å². The molecule has 2 unspecified atom stereocenters. The van der Waals surface area contributed by atoms with Crippen molar-refractivity contribution < 1.29 is 0 Å².